The van der Waals surface area contributed by atoms with Gasteiger partial charge in [-0.15, -0.1) is 0 Å². The molecule has 0 spiro atoms. The number of unbranched alkanes of at least 4 members (excludes halogenated alkanes) is 2. The predicted molar refractivity (Wildman–Crippen MR) is 205 cm³/mol. The second-order valence-corrected chi connectivity index (χ2v) is 13.2. The van der Waals surface area contributed by atoms with Crippen molar-refractivity contribution in [2.75, 3.05) is 0 Å². The Morgan fingerprint density at radius 3 is 2.45 bits per heavy atom. The highest BCUT2D eigenvalue weighted by Crippen LogP contribution is 2.40. The van der Waals surface area contributed by atoms with Crippen LogP contribution < -0.4 is 10.7 Å². The summed E-state index contributed by atoms with van der Waals surface area (Å²) >= 11 is 0. The zero-order chi connectivity index (χ0) is 32.2. The molecule has 0 aliphatic heterocycles. The van der Waals surface area contributed by atoms with Crippen molar-refractivity contribution < 1.29 is 0 Å². The summed E-state index contributed by atoms with van der Waals surface area (Å²) in [7, 11) is 0. The van der Waals surface area contributed by atoms with Gasteiger partial charge in [-0.25, -0.2) is 0 Å². The molecule has 1 nitrogen and oxygen atoms in total. The second kappa shape index (κ2) is 14.0. The quantitative estimate of drug-likeness (QED) is 0.138. The first-order valence-corrected chi connectivity index (χ1v) is 17.8. The molecule has 0 saturated heterocycles. The third kappa shape index (κ3) is 6.12. The smallest absolute Gasteiger partial charge is 0.0491 e. The minimum atomic E-state index is 1.05. The summed E-state index contributed by atoms with van der Waals surface area (Å²) in [6, 6.07) is 31.4. The van der Waals surface area contributed by atoms with E-state index in [1.54, 1.807) is 0 Å². The summed E-state index contributed by atoms with van der Waals surface area (Å²) in [5, 5.41) is 8.35. The van der Waals surface area contributed by atoms with Crippen molar-refractivity contribution in [3.8, 4) is 0 Å². The van der Waals surface area contributed by atoms with E-state index in [-0.39, 0.29) is 0 Å². The molecule has 0 bridgehead atoms. The zero-order valence-corrected chi connectivity index (χ0v) is 28.4. The van der Waals surface area contributed by atoms with Crippen LogP contribution in [0, 0.1) is 6.92 Å². The van der Waals surface area contributed by atoms with Crippen molar-refractivity contribution in [2.45, 2.75) is 78.7 Å². The largest absolute Gasteiger partial charge is 0.341 e. The SMILES string of the molecule is CCC/C=C(\C=C\C1=C(c2ccccc2)C(=C/C=c2\c3cccc4c3c(n2CCCC)=CCC4)/CC1)c1cccc2cccc(C)c12. The highest BCUT2D eigenvalue weighted by atomic mass is 15.0. The molecule has 1 heterocycles. The molecular formula is C46H47N. The molecule has 0 saturated carbocycles. The molecule has 0 amide bonds. The normalized spacial score (nSPS) is 16.4. The van der Waals surface area contributed by atoms with E-state index in [9.17, 15) is 0 Å². The van der Waals surface area contributed by atoms with E-state index < -0.39 is 0 Å². The van der Waals surface area contributed by atoms with Crippen LogP contribution in [0.4, 0.5) is 0 Å². The van der Waals surface area contributed by atoms with Gasteiger partial charge in [-0.1, -0.05) is 142 Å². The molecule has 0 unspecified atom stereocenters. The number of aromatic nitrogens is 1. The fourth-order valence-electron chi connectivity index (χ4n) is 7.79. The van der Waals surface area contributed by atoms with E-state index in [2.05, 4.69) is 147 Å². The van der Waals surface area contributed by atoms with Crippen molar-refractivity contribution in [2.24, 2.45) is 0 Å². The van der Waals surface area contributed by atoms with E-state index in [0.717, 1.165) is 45.1 Å². The van der Waals surface area contributed by atoms with Gasteiger partial charge in [0, 0.05) is 28.0 Å². The van der Waals surface area contributed by atoms with Crippen molar-refractivity contribution in [3.63, 3.8) is 0 Å². The standard InChI is InChI=1S/C46H47N/c1-4-6-16-34(40-23-12-20-35-19-11-15-33(3)44(35)40)26-27-38-28-29-39(45(38)36-17-9-8-10-18-36)30-31-42-41-24-13-21-37-22-14-25-43(46(37)41)47(42)32-7-5-2/h8-13,15-21,23-27,30-31H,4-7,14,22,28-29,32H2,1-3H3/b27-26+,34-16+,39-30+,42-31+. The molecule has 0 atom stereocenters. The Morgan fingerprint density at radius 1 is 0.787 bits per heavy atom. The van der Waals surface area contributed by atoms with Crippen molar-refractivity contribution in [3.05, 3.63) is 153 Å². The maximum absolute atomic E-state index is 2.60. The number of aryl methyl sites for hydroxylation is 2. The van der Waals surface area contributed by atoms with Crippen LogP contribution in [0.25, 0.3) is 44.8 Å². The second-order valence-electron chi connectivity index (χ2n) is 13.2. The molecule has 2 aliphatic rings. The number of rotatable bonds is 10. The van der Waals surface area contributed by atoms with Crippen LogP contribution in [0.3, 0.4) is 0 Å². The van der Waals surface area contributed by atoms with Crippen LogP contribution in [0.1, 0.15) is 81.0 Å². The van der Waals surface area contributed by atoms with Gasteiger partial charge < -0.3 is 4.57 Å². The van der Waals surface area contributed by atoms with Gasteiger partial charge >= 0.3 is 0 Å². The fourth-order valence-corrected chi connectivity index (χ4v) is 7.79. The molecule has 7 rings (SSSR count). The van der Waals surface area contributed by atoms with Gasteiger partial charge in [0.25, 0.3) is 0 Å². The monoisotopic (exact) mass is 613 g/mol. The van der Waals surface area contributed by atoms with Gasteiger partial charge in [0.2, 0.25) is 0 Å². The third-order valence-corrected chi connectivity index (χ3v) is 10.1. The molecule has 0 fully saturated rings. The van der Waals surface area contributed by atoms with Crippen LogP contribution in [-0.4, -0.2) is 4.57 Å². The lowest BCUT2D eigenvalue weighted by Crippen LogP contribution is -2.27. The predicted octanol–water partition coefficient (Wildman–Crippen LogP) is 11.0. The Kier molecular flexibility index (Phi) is 9.25. The fraction of sp³-hybridized carbons (Fsp3) is 0.261. The highest BCUT2D eigenvalue weighted by Gasteiger charge is 2.20. The average molecular weight is 614 g/mol. The van der Waals surface area contributed by atoms with Gasteiger partial charge in [-0.05, 0) is 107 Å². The van der Waals surface area contributed by atoms with E-state index in [4.69, 9.17) is 0 Å². The minimum absolute atomic E-state index is 1.05. The Balaban J connectivity index is 1.36. The van der Waals surface area contributed by atoms with Gasteiger partial charge in [0.1, 0.15) is 0 Å². The molecule has 236 valence electrons. The van der Waals surface area contributed by atoms with Crippen molar-refractivity contribution in [1.29, 1.82) is 0 Å². The summed E-state index contributed by atoms with van der Waals surface area (Å²) in [5.41, 5.74) is 11.1. The van der Waals surface area contributed by atoms with Crippen LogP contribution in [0.5, 0.6) is 0 Å². The summed E-state index contributed by atoms with van der Waals surface area (Å²) < 4.78 is 2.60. The summed E-state index contributed by atoms with van der Waals surface area (Å²) in [6.07, 6.45) is 23.6. The van der Waals surface area contributed by atoms with E-state index >= 15 is 0 Å². The Hall–Kier alpha value is -4.62. The summed E-state index contributed by atoms with van der Waals surface area (Å²) in [5.74, 6) is 0. The first-order chi connectivity index (χ1) is 23.2. The Morgan fingerprint density at radius 2 is 1.62 bits per heavy atom. The lowest BCUT2D eigenvalue weighted by Gasteiger charge is -2.12. The Labute approximate surface area is 280 Å². The van der Waals surface area contributed by atoms with E-state index in [0.29, 0.717) is 0 Å². The molecule has 5 aromatic rings. The average Bonchev–Trinajstić information content (AvgIpc) is 3.66. The lowest BCUT2D eigenvalue weighted by atomic mass is 9.93. The van der Waals surface area contributed by atoms with Crippen LogP contribution in [0.15, 0.2) is 120 Å². The van der Waals surface area contributed by atoms with Crippen molar-refractivity contribution in [1.82, 2.24) is 4.57 Å². The molecule has 0 radical (unpaired) electrons. The van der Waals surface area contributed by atoms with E-state index in [1.807, 2.05) is 0 Å². The van der Waals surface area contributed by atoms with Gasteiger partial charge in [0.15, 0.2) is 0 Å². The number of hydrogen-bond acceptors (Lipinski definition) is 0. The minimum Gasteiger partial charge on any atom is -0.341 e. The molecule has 4 aromatic carbocycles. The molecule has 47 heavy (non-hydrogen) atoms. The maximum atomic E-state index is 2.60. The van der Waals surface area contributed by atoms with Crippen molar-refractivity contribution >= 4 is 44.8 Å². The van der Waals surface area contributed by atoms with Crippen LogP contribution >= 0.6 is 0 Å². The first-order valence-electron chi connectivity index (χ1n) is 17.8. The van der Waals surface area contributed by atoms with Gasteiger partial charge in [0.05, 0.1) is 0 Å². The summed E-state index contributed by atoms with van der Waals surface area (Å²) in [4.78, 5) is 0. The zero-order valence-electron chi connectivity index (χ0n) is 28.4. The molecule has 2 aliphatic carbocycles. The molecule has 1 heteroatoms. The number of nitrogens with zero attached hydrogens (tertiary/aromatic N) is 1. The molecule has 1 aromatic heterocycles. The van der Waals surface area contributed by atoms with Crippen LogP contribution in [0.2, 0.25) is 0 Å². The van der Waals surface area contributed by atoms with Crippen LogP contribution in [-0.2, 0) is 13.0 Å². The maximum Gasteiger partial charge on any atom is 0.0491 e. The lowest BCUT2D eigenvalue weighted by molar-refractivity contribution is 0.611. The number of benzene rings is 4. The topological polar surface area (TPSA) is 4.93 Å². The van der Waals surface area contributed by atoms with E-state index in [1.165, 1.54) is 89.6 Å². The first kappa shape index (κ1) is 31.0. The van der Waals surface area contributed by atoms with Gasteiger partial charge in [-0.3, -0.25) is 0 Å². The summed E-state index contributed by atoms with van der Waals surface area (Å²) in [6.45, 7) is 7.87. The molecule has 0 N–H and O–H groups in total. The highest BCUT2D eigenvalue weighted by molar-refractivity contribution is 5.98. The molecular weight excluding hydrogens is 567 g/mol. The number of hydrogen-bond donors (Lipinski definition) is 0. The third-order valence-electron chi connectivity index (χ3n) is 10.1. The number of fused-ring (bicyclic) bond motifs is 1. The number of allylic oxidation sites excluding steroid dienone is 8. The Bertz CT molecular complexity index is 2170. The van der Waals surface area contributed by atoms with Gasteiger partial charge in [-0.2, -0.15) is 0 Å².